The van der Waals surface area contributed by atoms with Crippen LogP contribution in [-0.2, 0) is 0 Å². The predicted molar refractivity (Wildman–Crippen MR) is 109 cm³/mol. The first kappa shape index (κ1) is 16.2. The molecular formula is C23H15N3O2. The molecular weight excluding hydrogens is 350 g/mol. The lowest BCUT2D eigenvalue weighted by Crippen LogP contribution is -2.12. The summed E-state index contributed by atoms with van der Waals surface area (Å²) in [6.45, 7) is 0. The Hall–Kier alpha value is -3.99. The first-order valence-electron chi connectivity index (χ1n) is 8.89. The molecule has 0 saturated heterocycles. The van der Waals surface area contributed by atoms with Crippen molar-refractivity contribution >= 4 is 33.5 Å². The lowest BCUT2D eigenvalue weighted by Gasteiger charge is -2.08. The molecule has 28 heavy (non-hydrogen) atoms. The van der Waals surface area contributed by atoms with Crippen molar-refractivity contribution in [1.82, 2.24) is 9.97 Å². The van der Waals surface area contributed by atoms with Gasteiger partial charge >= 0.3 is 0 Å². The van der Waals surface area contributed by atoms with Crippen LogP contribution < -0.4 is 5.32 Å². The number of nitrogens with one attached hydrogen (secondary N) is 1. The van der Waals surface area contributed by atoms with Crippen molar-refractivity contribution < 1.29 is 9.21 Å². The molecule has 0 saturated carbocycles. The molecule has 0 atom stereocenters. The number of hydrogen-bond acceptors (Lipinski definition) is 4. The molecule has 5 aromatic rings. The molecule has 0 radical (unpaired) electrons. The zero-order valence-corrected chi connectivity index (χ0v) is 14.8. The van der Waals surface area contributed by atoms with Crippen LogP contribution in [0, 0.1) is 0 Å². The summed E-state index contributed by atoms with van der Waals surface area (Å²) in [6.07, 6.45) is 3.16. The quantitative estimate of drug-likeness (QED) is 0.471. The highest BCUT2D eigenvalue weighted by molar-refractivity contribution is 6.06. The van der Waals surface area contributed by atoms with E-state index >= 15 is 0 Å². The summed E-state index contributed by atoms with van der Waals surface area (Å²) in [5, 5.41) is 5.03. The first-order chi connectivity index (χ1) is 13.8. The van der Waals surface area contributed by atoms with Gasteiger partial charge in [-0.25, -0.2) is 4.98 Å². The van der Waals surface area contributed by atoms with Gasteiger partial charge in [-0.1, -0.05) is 42.5 Å². The fourth-order valence-electron chi connectivity index (χ4n) is 3.24. The van der Waals surface area contributed by atoms with E-state index in [0.717, 1.165) is 27.4 Å². The summed E-state index contributed by atoms with van der Waals surface area (Å²) in [5.74, 6) is 0.232. The number of para-hydroxylation sites is 1. The van der Waals surface area contributed by atoms with Crippen molar-refractivity contribution in [3.8, 4) is 11.5 Å². The van der Waals surface area contributed by atoms with Crippen molar-refractivity contribution in [2.75, 3.05) is 5.32 Å². The summed E-state index contributed by atoms with van der Waals surface area (Å²) in [6, 6.07) is 22.9. The third-order valence-electron chi connectivity index (χ3n) is 4.61. The van der Waals surface area contributed by atoms with Gasteiger partial charge in [-0.05, 0) is 35.7 Å². The number of anilines is 1. The van der Waals surface area contributed by atoms with E-state index in [0.29, 0.717) is 17.1 Å². The van der Waals surface area contributed by atoms with Gasteiger partial charge in [-0.2, -0.15) is 0 Å². The Balaban J connectivity index is 1.59. The lowest BCUT2D eigenvalue weighted by molar-refractivity contribution is 0.102. The highest BCUT2D eigenvalue weighted by atomic mass is 16.3. The summed E-state index contributed by atoms with van der Waals surface area (Å²) in [4.78, 5) is 21.2. The molecule has 0 aliphatic carbocycles. The Morgan fingerprint density at radius 3 is 2.64 bits per heavy atom. The highest BCUT2D eigenvalue weighted by Crippen LogP contribution is 2.33. The molecule has 0 aliphatic heterocycles. The molecule has 5 nitrogen and oxygen atoms in total. The number of carbonyl (C=O) groups is 1. The maximum atomic E-state index is 12.5. The molecule has 0 fully saturated rings. The van der Waals surface area contributed by atoms with E-state index in [9.17, 15) is 4.79 Å². The molecule has 0 bridgehead atoms. The van der Waals surface area contributed by atoms with Crippen LogP contribution in [0.4, 0.5) is 5.69 Å². The van der Waals surface area contributed by atoms with E-state index < -0.39 is 0 Å². The zero-order valence-electron chi connectivity index (χ0n) is 14.8. The number of amides is 1. The maximum absolute atomic E-state index is 12.5. The highest BCUT2D eigenvalue weighted by Gasteiger charge is 2.16. The van der Waals surface area contributed by atoms with E-state index in [2.05, 4.69) is 15.3 Å². The predicted octanol–water partition coefficient (Wildman–Crippen LogP) is 5.30. The average Bonchev–Trinajstić information content (AvgIpc) is 3.19. The molecule has 0 spiro atoms. The number of oxazole rings is 1. The minimum Gasteiger partial charge on any atom is -0.435 e. The number of rotatable bonds is 3. The summed E-state index contributed by atoms with van der Waals surface area (Å²) in [7, 11) is 0. The van der Waals surface area contributed by atoms with E-state index in [1.165, 1.54) is 6.20 Å². The monoisotopic (exact) mass is 365 g/mol. The Morgan fingerprint density at radius 2 is 1.75 bits per heavy atom. The average molecular weight is 365 g/mol. The minimum absolute atomic E-state index is 0.234. The summed E-state index contributed by atoms with van der Waals surface area (Å²) in [5.41, 5.74) is 3.36. The van der Waals surface area contributed by atoms with E-state index in [1.807, 2.05) is 60.7 Å². The molecule has 0 aliphatic rings. The SMILES string of the molecule is O=C(Nc1ccccc1-c1nc2ccc3ccccc3c2o1)c1cccnc1. The first-order valence-corrected chi connectivity index (χ1v) is 8.89. The Labute approximate surface area is 160 Å². The van der Waals surface area contributed by atoms with Gasteiger partial charge in [0.15, 0.2) is 5.58 Å². The second-order valence-electron chi connectivity index (χ2n) is 6.40. The fourth-order valence-corrected chi connectivity index (χ4v) is 3.24. The van der Waals surface area contributed by atoms with Gasteiger partial charge in [-0.15, -0.1) is 0 Å². The van der Waals surface area contributed by atoms with Gasteiger partial charge in [0, 0.05) is 17.8 Å². The maximum Gasteiger partial charge on any atom is 0.257 e. The molecule has 134 valence electrons. The summed E-state index contributed by atoms with van der Waals surface area (Å²) >= 11 is 0. The number of pyridine rings is 1. The van der Waals surface area contributed by atoms with Crippen molar-refractivity contribution in [3.05, 3.63) is 90.8 Å². The fraction of sp³-hybridized carbons (Fsp3) is 0. The lowest BCUT2D eigenvalue weighted by atomic mass is 10.1. The zero-order chi connectivity index (χ0) is 18.9. The van der Waals surface area contributed by atoms with Gasteiger partial charge in [0.05, 0.1) is 16.8 Å². The Bertz CT molecular complexity index is 1310. The topological polar surface area (TPSA) is 68.0 Å². The Kier molecular flexibility index (Phi) is 3.84. The standard InChI is InChI=1S/C23H15N3O2/c27-22(16-7-5-13-24-14-16)25-19-10-4-3-9-18(19)23-26-20-12-11-15-6-1-2-8-17(15)21(20)28-23/h1-14H,(H,25,27). The second kappa shape index (κ2) is 6.63. The van der Waals surface area contributed by atoms with Crippen LogP contribution >= 0.6 is 0 Å². The van der Waals surface area contributed by atoms with Gasteiger partial charge < -0.3 is 9.73 Å². The molecule has 5 rings (SSSR count). The van der Waals surface area contributed by atoms with Gasteiger partial charge in [-0.3, -0.25) is 9.78 Å². The molecule has 3 aromatic carbocycles. The van der Waals surface area contributed by atoms with Crippen LogP contribution in [0.1, 0.15) is 10.4 Å². The van der Waals surface area contributed by atoms with Crippen LogP contribution in [-0.4, -0.2) is 15.9 Å². The number of hydrogen-bond donors (Lipinski definition) is 1. The number of benzene rings is 3. The number of aromatic nitrogens is 2. The van der Waals surface area contributed by atoms with Gasteiger partial charge in [0.2, 0.25) is 5.89 Å². The van der Waals surface area contributed by atoms with Crippen LogP contribution in [0.2, 0.25) is 0 Å². The van der Waals surface area contributed by atoms with Gasteiger partial charge in [0.1, 0.15) is 5.52 Å². The van der Waals surface area contributed by atoms with Crippen molar-refractivity contribution in [1.29, 1.82) is 0 Å². The normalized spacial score (nSPS) is 11.0. The Morgan fingerprint density at radius 1 is 0.893 bits per heavy atom. The molecule has 5 heteroatoms. The van der Waals surface area contributed by atoms with Crippen LogP contribution in [0.3, 0.4) is 0 Å². The number of fused-ring (bicyclic) bond motifs is 3. The molecule has 0 unspecified atom stereocenters. The van der Waals surface area contributed by atoms with Crippen molar-refractivity contribution in [2.45, 2.75) is 0 Å². The van der Waals surface area contributed by atoms with E-state index in [-0.39, 0.29) is 5.91 Å². The molecule has 1 amide bonds. The summed E-state index contributed by atoms with van der Waals surface area (Å²) < 4.78 is 6.12. The second-order valence-corrected chi connectivity index (χ2v) is 6.40. The van der Waals surface area contributed by atoms with E-state index in [1.54, 1.807) is 18.3 Å². The largest absolute Gasteiger partial charge is 0.435 e. The van der Waals surface area contributed by atoms with Crippen LogP contribution in [0.5, 0.6) is 0 Å². The van der Waals surface area contributed by atoms with E-state index in [4.69, 9.17) is 4.42 Å². The third kappa shape index (κ3) is 2.79. The van der Waals surface area contributed by atoms with Gasteiger partial charge in [0.25, 0.3) is 5.91 Å². The minimum atomic E-state index is -0.234. The molecule has 2 heterocycles. The van der Waals surface area contributed by atoms with Crippen LogP contribution in [0.25, 0.3) is 33.3 Å². The molecule has 1 N–H and O–H groups in total. The number of nitrogens with zero attached hydrogens (tertiary/aromatic N) is 2. The van der Waals surface area contributed by atoms with Crippen molar-refractivity contribution in [2.24, 2.45) is 0 Å². The number of carbonyl (C=O) groups excluding carboxylic acids is 1. The third-order valence-corrected chi connectivity index (χ3v) is 4.61. The van der Waals surface area contributed by atoms with Crippen molar-refractivity contribution in [3.63, 3.8) is 0 Å². The molecule has 2 aromatic heterocycles. The van der Waals surface area contributed by atoms with Crippen LogP contribution in [0.15, 0.2) is 89.6 Å². The smallest absolute Gasteiger partial charge is 0.257 e.